The SMILES string of the molecule is Cc1ncc(-c2cnc3cnc(CC(=O)N4CCC(N(C)C)CC4)cc3c2)s1. The third-order valence-electron chi connectivity index (χ3n) is 5.41. The van der Waals surface area contributed by atoms with Crippen LogP contribution in [-0.2, 0) is 11.2 Å². The lowest BCUT2D eigenvalue weighted by Gasteiger charge is -2.35. The average Bonchev–Trinajstić information content (AvgIpc) is 3.14. The lowest BCUT2D eigenvalue weighted by molar-refractivity contribution is -0.132. The molecule has 1 saturated heterocycles. The van der Waals surface area contributed by atoms with Crippen molar-refractivity contribution < 1.29 is 4.79 Å². The number of amides is 1. The van der Waals surface area contributed by atoms with Gasteiger partial charge in [0.1, 0.15) is 0 Å². The van der Waals surface area contributed by atoms with Crippen LogP contribution in [-0.4, -0.2) is 63.9 Å². The van der Waals surface area contributed by atoms with Crippen molar-refractivity contribution in [1.29, 1.82) is 0 Å². The first kappa shape index (κ1) is 19.0. The second-order valence-corrected chi connectivity index (χ2v) is 8.82. The zero-order chi connectivity index (χ0) is 19.7. The number of likely N-dealkylation sites (tertiary alicyclic amines) is 1. The fraction of sp³-hybridized carbons (Fsp3) is 0.429. The summed E-state index contributed by atoms with van der Waals surface area (Å²) in [4.78, 5) is 31.4. The van der Waals surface area contributed by atoms with Crippen molar-refractivity contribution in [2.75, 3.05) is 27.2 Å². The van der Waals surface area contributed by atoms with E-state index < -0.39 is 0 Å². The third kappa shape index (κ3) is 4.05. The first-order valence-electron chi connectivity index (χ1n) is 9.61. The maximum Gasteiger partial charge on any atom is 0.228 e. The highest BCUT2D eigenvalue weighted by molar-refractivity contribution is 7.15. The molecule has 0 unspecified atom stereocenters. The van der Waals surface area contributed by atoms with E-state index in [1.165, 1.54) is 0 Å². The smallest absolute Gasteiger partial charge is 0.228 e. The summed E-state index contributed by atoms with van der Waals surface area (Å²) in [6, 6.07) is 4.67. The minimum absolute atomic E-state index is 0.159. The molecular formula is C21H25N5OS. The predicted molar refractivity (Wildman–Crippen MR) is 112 cm³/mol. The summed E-state index contributed by atoms with van der Waals surface area (Å²) in [6.45, 7) is 3.65. The molecule has 0 aromatic carbocycles. The highest BCUT2D eigenvalue weighted by Gasteiger charge is 2.24. The topological polar surface area (TPSA) is 62.2 Å². The van der Waals surface area contributed by atoms with Gasteiger partial charge in [0.25, 0.3) is 0 Å². The Bertz CT molecular complexity index is 991. The molecule has 0 atom stereocenters. The number of nitrogens with zero attached hydrogens (tertiary/aromatic N) is 5. The zero-order valence-electron chi connectivity index (χ0n) is 16.6. The Kier molecular flexibility index (Phi) is 5.37. The summed E-state index contributed by atoms with van der Waals surface area (Å²) in [5.74, 6) is 0.159. The number of carbonyl (C=O) groups is 1. The Hall–Kier alpha value is -2.38. The molecule has 1 amide bonds. The van der Waals surface area contributed by atoms with Gasteiger partial charge in [-0.25, -0.2) is 4.98 Å². The fourth-order valence-corrected chi connectivity index (χ4v) is 4.46. The van der Waals surface area contributed by atoms with Crippen molar-refractivity contribution in [2.45, 2.75) is 32.2 Å². The van der Waals surface area contributed by atoms with Gasteiger partial charge in [-0.1, -0.05) is 0 Å². The minimum Gasteiger partial charge on any atom is -0.342 e. The maximum atomic E-state index is 12.7. The molecular weight excluding hydrogens is 370 g/mol. The van der Waals surface area contributed by atoms with E-state index in [9.17, 15) is 4.79 Å². The van der Waals surface area contributed by atoms with Gasteiger partial charge in [0.05, 0.1) is 33.7 Å². The van der Waals surface area contributed by atoms with Gasteiger partial charge >= 0.3 is 0 Å². The number of rotatable bonds is 4. The molecule has 4 rings (SSSR count). The van der Waals surface area contributed by atoms with Gasteiger partial charge in [-0.3, -0.25) is 14.8 Å². The van der Waals surface area contributed by atoms with Crippen LogP contribution in [0.1, 0.15) is 23.5 Å². The predicted octanol–water partition coefficient (Wildman–Crippen LogP) is 3.16. The lowest BCUT2D eigenvalue weighted by atomic mass is 10.0. The van der Waals surface area contributed by atoms with Crippen LogP contribution >= 0.6 is 11.3 Å². The molecule has 28 heavy (non-hydrogen) atoms. The van der Waals surface area contributed by atoms with Crippen LogP contribution < -0.4 is 0 Å². The molecule has 6 nitrogen and oxygen atoms in total. The second kappa shape index (κ2) is 7.93. The molecule has 1 fully saturated rings. The number of hydrogen-bond acceptors (Lipinski definition) is 6. The number of hydrogen-bond donors (Lipinski definition) is 0. The van der Waals surface area contributed by atoms with E-state index in [1.54, 1.807) is 17.5 Å². The largest absolute Gasteiger partial charge is 0.342 e. The van der Waals surface area contributed by atoms with Gasteiger partial charge < -0.3 is 9.80 Å². The molecule has 0 bridgehead atoms. The van der Waals surface area contributed by atoms with Crippen molar-refractivity contribution in [3.8, 4) is 10.4 Å². The molecule has 3 aromatic heterocycles. The van der Waals surface area contributed by atoms with Crippen molar-refractivity contribution >= 4 is 28.1 Å². The molecule has 1 aliphatic rings. The number of aromatic nitrogens is 3. The molecule has 4 heterocycles. The van der Waals surface area contributed by atoms with E-state index in [2.05, 4.69) is 40.0 Å². The summed E-state index contributed by atoms with van der Waals surface area (Å²) >= 11 is 1.65. The number of aryl methyl sites for hydroxylation is 1. The van der Waals surface area contributed by atoms with Gasteiger partial charge in [0.15, 0.2) is 0 Å². The molecule has 7 heteroatoms. The summed E-state index contributed by atoms with van der Waals surface area (Å²) in [5.41, 5.74) is 2.69. The molecule has 0 spiro atoms. The highest BCUT2D eigenvalue weighted by Crippen LogP contribution is 2.27. The number of fused-ring (bicyclic) bond motifs is 1. The first-order chi connectivity index (χ1) is 13.5. The molecule has 0 radical (unpaired) electrons. The first-order valence-corrected chi connectivity index (χ1v) is 10.4. The summed E-state index contributed by atoms with van der Waals surface area (Å²) in [5, 5.41) is 2.04. The zero-order valence-corrected chi connectivity index (χ0v) is 17.4. The van der Waals surface area contributed by atoms with E-state index in [-0.39, 0.29) is 5.91 Å². The van der Waals surface area contributed by atoms with Crippen LogP contribution in [0.15, 0.2) is 30.7 Å². The highest BCUT2D eigenvalue weighted by atomic mass is 32.1. The third-order valence-corrected chi connectivity index (χ3v) is 6.37. The van der Waals surface area contributed by atoms with Gasteiger partial charge in [0, 0.05) is 42.5 Å². The second-order valence-electron chi connectivity index (χ2n) is 7.59. The van der Waals surface area contributed by atoms with E-state index in [1.807, 2.05) is 30.3 Å². The van der Waals surface area contributed by atoms with Crippen LogP contribution in [0.3, 0.4) is 0 Å². The summed E-state index contributed by atoms with van der Waals surface area (Å²) in [6.07, 6.45) is 7.91. The van der Waals surface area contributed by atoms with E-state index in [0.717, 1.165) is 58.0 Å². The van der Waals surface area contributed by atoms with Crippen molar-refractivity contribution in [1.82, 2.24) is 24.8 Å². The van der Waals surface area contributed by atoms with Crippen LogP contribution in [0.5, 0.6) is 0 Å². The van der Waals surface area contributed by atoms with Gasteiger partial charge in [-0.2, -0.15) is 0 Å². The number of piperidine rings is 1. The van der Waals surface area contributed by atoms with Crippen LogP contribution in [0.2, 0.25) is 0 Å². The Balaban J connectivity index is 1.49. The molecule has 0 aliphatic carbocycles. The number of thiazole rings is 1. The monoisotopic (exact) mass is 395 g/mol. The normalized spacial score (nSPS) is 15.5. The Morgan fingerprint density at radius 1 is 1.14 bits per heavy atom. The Morgan fingerprint density at radius 3 is 2.61 bits per heavy atom. The maximum absolute atomic E-state index is 12.7. The number of carbonyl (C=O) groups excluding carboxylic acids is 1. The van der Waals surface area contributed by atoms with Crippen molar-refractivity contribution in [2.24, 2.45) is 0 Å². The summed E-state index contributed by atoms with van der Waals surface area (Å²) < 4.78 is 0. The molecule has 0 saturated carbocycles. The van der Waals surface area contributed by atoms with E-state index >= 15 is 0 Å². The summed E-state index contributed by atoms with van der Waals surface area (Å²) in [7, 11) is 4.22. The van der Waals surface area contributed by atoms with E-state index in [4.69, 9.17) is 0 Å². The molecule has 0 N–H and O–H groups in total. The van der Waals surface area contributed by atoms with Crippen LogP contribution in [0, 0.1) is 6.92 Å². The molecule has 3 aromatic rings. The molecule has 146 valence electrons. The molecule has 1 aliphatic heterocycles. The Labute approximate surface area is 169 Å². The lowest BCUT2D eigenvalue weighted by Crippen LogP contribution is -2.45. The average molecular weight is 396 g/mol. The van der Waals surface area contributed by atoms with Crippen LogP contribution in [0.4, 0.5) is 0 Å². The van der Waals surface area contributed by atoms with Crippen molar-refractivity contribution in [3.05, 3.63) is 41.4 Å². The van der Waals surface area contributed by atoms with Crippen molar-refractivity contribution in [3.63, 3.8) is 0 Å². The standard InChI is InChI=1S/C21H25N5OS/c1-14-22-13-20(28-14)16-8-15-9-17(23-12-19(15)24-11-16)10-21(27)26-6-4-18(5-7-26)25(2)3/h8-9,11-13,18H,4-7,10H2,1-3H3. The van der Waals surface area contributed by atoms with Gasteiger partial charge in [0.2, 0.25) is 5.91 Å². The quantitative estimate of drug-likeness (QED) is 0.679. The fourth-order valence-electron chi connectivity index (χ4n) is 3.70. The number of pyridine rings is 2. The Morgan fingerprint density at radius 2 is 1.93 bits per heavy atom. The van der Waals surface area contributed by atoms with Crippen LogP contribution in [0.25, 0.3) is 21.3 Å². The van der Waals surface area contributed by atoms with Gasteiger partial charge in [-0.05, 0) is 46.0 Å². The van der Waals surface area contributed by atoms with Gasteiger partial charge in [-0.15, -0.1) is 11.3 Å². The van der Waals surface area contributed by atoms with E-state index in [0.29, 0.717) is 12.5 Å². The minimum atomic E-state index is 0.159.